The highest BCUT2D eigenvalue weighted by Crippen LogP contribution is 2.44. The van der Waals surface area contributed by atoms with Gasteiger partial charge in [0, 0.05) is 7.11 Å². The van der Waals surface area contributed by atoms with E-state index < -0.39 is 41.0 Å². The molecule has 2 aromatic rings. The second-order valence-electron chi connectivity index (χ2n) is 8.98. The van der Waals surface area contributed by atoms with Gasteiger partial charge in [-0.1, -0.05) is 29.8 Å². The molecule has 0 aliphatic carbocycles. The Hall–Kier alpha value is -3.17. The molecular formula is C26H28F3NO5. The molecule has 1 aliphatic heterocycles. The average Bonchev–Trinajstić information content (AvgIpc) is 2.93. The Bertz CT molecular complexity index is 1180. The van der Waals surface area contributed by atoms with Crippen LogP contribution in [-0.2, 0) is 25.3 Å². The Labute approximate surface area is 202 Å². The van der Waals surface area contributed by atoms with Crippen molar-refractivity contribution in [2.45, 2.75) is 59.5 Å². The zero-order chi connectivity index (χ0) is 26.3. The molecule has 1 amide bonds. The molecule has 0 spiro atoms. The van der Waals surface area contributed by atoms with E-state index in [-0.39, 0.29) is 11.3 Å². The molecule has 1 aliphatic rings. The van der Waals surface area contributed by atoms with Crippen molar-refractivity contribution in [1.82, 2.24) is 5.06 Å². The maximum Gasteiger partial charge on any atom is 0.417 e. The van der Waals surface area contributed by atoms with Crippen molar-refractivity contribution in [1.29, 1.82) is 0 Å². The van der Waals surface area contributed by atoms with Crippen molar-refractivity contribution in [2.24, 2.45) is 0 Å². The summed E-state index contributed by atoms with van der Waals surface area (Å²) in [6.45, 7) is 10.3. The van der Waals surface area contributed by atoms with Crippen LogP contribution in [0.4, 0.5) is 13.2 Å². The van der Waals surface area contributed by atoms with Gasteiger partial charge in [0.25, 0.3) is 5.91 Å². The number of hydroxylamine groups is 2. The quantitative estimate of drug-likeness (QED) is 0.381. The monoisotopic (exact) mass is 491 g/mol. The largest absolute Gasteiger partial charge is 0.424 e. The van der Waals surface area contributed by atoms with Gasteiger partial charge in [-0.15, -0.1) is 0 Å². The van der Waals surface area contributed by atoms with Crippen LogP contribution in [0, 0.1) is 20.8 Å². The van der Waals surface area contributed by atoms with E-state index in [1.807, 2.05) is 32.9 Å². The predicted molar refractivity (Wildman–Crippen MR) is 123 cm³/mol. The minimum Gasteiger partial charge on any atom is -0.424 e. The third-order valence-electron chi connectivity index (χ3n) is 5.85. The van der Waals surface area contributed by atoms with Crippen LogP contribution in [-0.4, -0.2) is 35.9 Å². The van der Waals surface area contributed by atoms with Crippen molar-refractivity contribution in [3.63, 3.8) is 0 Å². The molecule has 3 rings (SSSR count). The number of nitrogens with zero attached hydrogens (tertiary/aromatic N) is 1. The topological polar surface area (TPSA) is 65.1 Å². The summed E-state index contributed by atoms with van der Waals surface area (Å²) in [4.78, 5) is 32.4. The van der Waals surface area contributed by atoms with Crippen LogP contribution in [0.5, 0.6) is 0 Å². The molecule has 1 atom stereocenters. The van der Waals surface area contributed by atoms with Gasteiger partial charge in [-0.2, -0.15) is 13.2 Å². The molecule has 0 bridgehead atoms. The second kappa shape index (κ2) is 9.47. The molecule has 0 radical (unpaired) electrons. The van der Waals surface area contributed by atoms with Gasteiger partial charge in [0.05, 0.1) is 16.7 Å². The lowest BCUT2D eigenvalue weighted by Gasteiger charge is -2.33. The van der Waals surface area contributed by atoms with Gasteiger partial charge in [-0.05, 0) is 70.4 Å². The number of benzene rings is 2. The highest BCUT2D eigenvalue weighted by Gasteiger charge is 2.51. The molecule has 188 valence electrons. The van der Waals surface area contributed by atoms with Crippen molar-refractivity contribution in [3.05, 3.63) is 75.5 Å². The van der Waals surface area contributed by atoms with Gasteiger partial charge >= 0.3 is 12.1 Å². The molecule has 0 saturated heterocycles. The van der Waals surface area contributed by atoms with E-state index in [0.29, 0.717) is 5.56 Å². The zero-order valence-corrected chi connectivity index (χ0v) is 20.7. The molecule has 0 saturated carbocycles. The van der Waals surface area contributed by atoms with Crippen LogP contribution in [0.25, 0.3) is 5.57 Å². The van der Waals surface area contributed by atoms with Crippen LogP contribution in [0.2, 0.25) is 0 Å². The average molecular weight is 492 g/mol. The van der Waals surface area contributed by atoms with Gasteiger partial charge in [-0.25, -0.2) is 14.7 Å². The summed E-state index contributed by atoms with van der Waals surface area (Å²) >= 11 is 0. The molecule has 6 nitrogen and oxygen atoms in total. The van der Waals surface area contributed by atoms with Gasteiger partial charge in [0.2, 0.25) is 0 Å². The van der Waals surface area contributed by atoms with E-state index >= 15 is 0 Å². The molecule has 0 fully saturated rings. The molecule has 2 aromatic carbocycles. The highest BCUT2D eigenvalue weighted by molar-refractivity contribution is 6.23. The number of halogens is 3. The number of methoxy groups -OCH3 is 1. The first-order chi connectivity index (χ1) is 16.2. The number of hydrogen-bond acceptors (Lipinski definition) is 5. The van der Waals surface area contributed by atoms with Gasteiger partial charge < -0.3 is 9.47 Å². The fraction of sp³-hybridized carbons (Fsp3) is 0.385. The molecule has 1 unspecified atom stereocenters. The lowest BCUT2D eigenvalue weighted by Crippen LogP contribution is -2.46. The first-order valence-electron chi connectivity index (χ1n) is 11.0. The minimum atomic E-state index is -4.76. The van der Waals surface area contributed by atoms with Gasteiger partial charge in [-0.3, -0.25) is 4.79 Å². The van der Waals surface area contributed by atoms with Crippen LogP contribution in [0.1, 0.15) is 58.9 Å². The van der Waals surface area contributed by atoms with E-state index in [2.05, 4.69) is 0 Å². The molecule has 35 heavy (non-hydrogen) atoms. The summed E-state index contributed by atoms with van der Waals surface area (Å²) in [5.74, 6) is -1.93. The first-order valence-corrected chi connectivity index (χ1v) is 11.0. The lowest BCUT2D eigenvalue weighted by molar-refractivity contribution is -0.276. The Morgan fingerprint density at radius 3 is 2.17 bits per heavy atom. The predicted octanol–water partition coefficient (Wildman–Crippen LogP) is 5.74. The van der Waals surface area contributed by atoms with Crippen molar-refractivity contribution >= 4 is 17.4 Å². The Morgan fingerprint density at radius 2 is 1.63 bits per heavy atom. The van der Waals surface area contributed by atoms with Crippen molar-refractivity contribution in [3.8, 4) is 0 Å². The van der Waals surface area contributed by atoms with E-state index in [0.717, 1.165) is 33.9 Å². The normalized spacial score (nSPS) is 16.6. The van der Waals surface area contributed by atoms with Crippen LogP contribution < -0.4 is 0 Å². The van der Waals surface area contributed by atoms with Crippen molar-refractivity contribution < 1.29 is 37.1 Å². The maximum absolute atomic E-state index is 13.6. The molecule has 1 heterocycles. The zero-order valence-electron chi connectivity index (χ0n) is 20.7. The fourth-order valence-electron chi connectivity index (χ4n) is 4.25. The summed E-state index contributed by atoms with van der Waals surface area (Å²) in [5, 5.41) is 1.04. The third kappa shape index (κ3) is 4.97. The van der Waals surface area contributed by atoms with Crippen LogP contribution in [0.3, 0.4) is 0 Å². The molecule has 0 aromatic heterocycles. The summed E-state index contributed by atoms with van der Waals surface area (Å²) < 4.78 is 51.4. The third-order valence-corrected chi connectivity index (χ3v) is 5.85. The minimum absolute atomic E-state index is 0.0474. The van der Waals surface area contributed by atoms with Crippen molar-refractivity contribution in [2.75, 3.05) is 7.11 Å². The summed E-state index contributed by atoms with van der Waals surface area (Å²) in [7, 11) is 1.40. The number of carbonyl (C=O) groups excluding carboxylic acids is 2. The fourth-order valence-corrected chi connectivity index (χ4v) is 4.25. The van der Waals surface area contributed by atoms with E-state index in [4.69, 9.17) is 14.3 Å². The van der Waals surface area contributed by atoms with E-state index in [1.165, 1.54) is 19.2 Å². The lowest BCUT2D eigenvalue weighted by atomic mass is 9.91. The maximum atomic E-state index is 13.6. The Kier molecular flexibility index (Phi) is 7.15. The Morgan fingerprint density at radius 1 is 1.06 bits per heavy atom. The number of esters is 1. The molecular weight excluding hydrogens is 463 g/mol. The Balaban J connectivity index is 2.21. The first kappa shape index (κ1) is 26.4. The smallest absolute Gasteiger partial charge is 0.417 e. The molecule has 9 heteroatoms. The van der Waals surface area contributed by atoms with E-state index in [1.54, 1.807) is 20.8 Å². The number of rotatable bonds is 6. The van der Waals surface area contributed by atoms with Crippen LogP contribution in [0.15, 0.2) is 42.2 Å². The number of amides is 1. The highest BCUT2D eigenvalue weighted by atomic mass is 19.4. The van der Waals surface area contributed by atoms with Gasteiger partial charge in [0.15, 0.2) is 6.29 Å². The van der Waals surface area contributed by atoms with Gasteiger partial charge in [0.1, 0.15) is 11.3 Å². The number of ether oxygens (including phenoxy) is 2. The summed E-state index contributed by atoms with van der Waals surface area (Å²) in [6.07, 6.45) is -5.58. The SMILES string of the molecule is COC(C)ON1C(=O)C(c2c(C)cc(C)cc2C)=C(OC(=O)c2ccccc2C(F)(F)F)C1(C)C. The summed E-state index contributed by atoms with van der Waals surface area (Å²) in [6, 6.07) is 8.09. The number of aryl methyl sites for hydroxylation is 3. The summed E-state index contributed by atoms with van der Waals surface area (Å²) in [5.41, 5.74) is -0.0999. The number of hydrogen-bond donors (Lipinski definition) is 0. The second-order valence-corrected chi connectivity index (χ2v) is 8.98. The molecule has 0 N–H and O–H groups in total. The van der Waals surface area contributed by atoms with E-state index in [9.17, 15) is 22.8 Å². The number of alkyl halides is 3. The number of carbonyl (C=O) groups is 2. The van der Waals surface area contributed by atoms with Crippen LogP contribution >= 0.6 is 0 Å². The standard InChI is InChI=1S/C26H28F3NO5/c1-14-12-15(2)20(16(3)13-14)21-22(25(5,6)30(23(21)31)35-17(4)33-7)34-24(32)18-10-8-9-11-19(18)26(27,28)29/h8-13,17H,1-7H3.